The fourth-order valence-electron chi connectivity index (χ4n) is 1.88. The highest BCUT2D eigenvalue weighted by Gasteiger charge is 2.09. The Balaban J connectivity index is 1.90. The van der Waals surface area contributed by atoms with Crippen LogP contribution in [0.25, 0.3) is 0 Å². The van der Waals surface area contributed by atoms with Crippen molar-refractivity contribution in [2.24, 2.45) is 0 Å². The Bertz CT molecular complexity index is 537. The summed E-state index contributed by atoms with van der Waals surface area (Å²) in [5.41, 5.74) is 1.90. The molecule has 2 aromatic rings. The van der Waals surface area contributed by atoms with E-state index in [-0.39, 0.29) is 6.29 Å². The van der Waals surface area contributed by atoms with Gasteiger partial charge in [-0.3, -0.25) is 0 Å². The molecule has 0 aliphatic carbocycles. The highest BCUT2D eigenvalue weighted by molar-refractivity contribution is 7.98. The maximum Gasteiger partial charge on any atom is 0.183 e. The lowest BCUT2D eigenvalue weighted by Crippen LogP contribution is -2.02. The third-order valence-corrected chi connectivity index (χ3v) is 3.91. The van der Waals surface area contributed by atoms with Crippen LogP contribution < -0.4 is 0 Å². The van der Waals surface area contributed by atoms with E-state index in [0.29, 0.717) is 6.61 Å². The molecule has 0 N–H and O–H groups in total. The van der Waals surface area contributed by atoms with Gasteiger partial charge in [-0.2, -0.15) is 0 Å². The first-order chi connectivity index (χ1) is 10.3. The highest BCUT2D eigenvalue weighted by atomic mass is 32.2. The molecule has 2 rings (SSSR count). The number of rotatable bonds is 8. The maximum absolute atomic E-state index is 5.22. The van der Waals surface area contributed by atoms with Crippen LogP contribution in [0.2, 0.25) is 0 Å². The van der Waals surface area contributed by atoms with Crippen LogP contribution in [-0.2, 0) is 26.6 Å². The molecule has 0 fully saturated rings. The molecule has 0 saturated carbocycles. The van der Waals surface area contributed by atoms with Crippen molar-refractivity contribution < 1.29 is 18.7 Å². The lowest BCUT2D eigenvalue weighted by molar-refractivity contribution is -0.106. The maximum atomic E-state index is 5.22. The zero-order valence-electron chi connectivity index (χ0n) is 12.4. The Kier molecular flexibility index (Phi) is 6.25. The van der Waals surface area contributed by atoms with Gasteiger partial charge in [-0.1, -0.05) is 17.3 Å². The molecule has 114 valence electrons. The van der Waals surface area contributed by atoms with Gasteiger partial charge in [-0.05, 0) is 12.1 Å². The Morgan fingerprint density at radius 2 is 1.86 bits per heavy atom. The van der Waals surface area contributed by atoms with Gasteiger partial charge in [-0.15, -0.1) is 11.8 Å². The van der Waals surface area contributed by atoms with Crippen LogP contribution in [-0.4, -0.2) is 26.5 Å². The van der Waals surface area contributed by atoms with Crippen molar-refractivity contribution >= 4 is 11.8 Å². The number of hydrogen-bond donors (Lipinski definition) is 0. The zero-order chi connectivity index (χ0) is 15.1. The van der Waals surface area contributed by atoms with E-state index in [1.165, 1.54) is 0 Å². The molecule has 1 aromatic heterocycles. The molecule has 0 amide bonds. The average Bonchev–Trinajstić information content (AvgIpc) is 2.96. The molecule has 1 aromatic carbocycles. The molecule has 0 atom stereocenters. The van der Waals surface area contributed by atoms with Crippen molar-refractivity contribution in [2.75, 3.05) is 21.3 Å². The number of methoxy groups -OCH3 is 3. The molecule has 5 nitrogen and oxygen atoms in total. The van der Waals surface area contributed by atoms with Crippen molar-refractivity contribution in [1.29, 1.82) is 0 Å². The first-order valence-electron chi connectivity index (χ1n) is 6.48. The van der Waals surface area contributed by atoms with E-state index in [4.69, 9.17) is 18.7 Å². The number of ether oxygens (including phenoxy) is 3. The number of hydrogen-bond acceptors (Lipinski definition) is 6. The Labute approximate surface area is 128 Å². The predicted octanol–water partition coefficient (Wildman–Crippen LogP) is 3.40. The molecule has 0 radical (unpaired) electrons. The first-order valence-corrected chi connectivity index (χ1v) is 7.47. The van der Waals surface area contributed by atoms with Gasteiger partial charge >= 0.3 is 0 Å². The van der Waals surface area contributed by atoms with Gasteiger partial charge in [0.05, 0.1) is 5.69 Å². The minimum Gasteiger partial charge on any atom is -0.377 e. The van der Waals surface area contributed by atoms with Gasteiger partial charge in [0.25, 0.3) is 0 Å². The van der Waals surface area contributed by atoms with Crippen molar-refractivity contribution in [2.45, 2.75) is 23.5 Å². The number of benzene rings is 1. The average molecular weight is 309 g/mol. The molecule has 0 unspecified atom stereocenters. The van der Waals surface area contributed by atoms with E-state index in [2.05, 4.69) is 5.16 Å². The highest BCUT2D eigenvalue weighted by Crippen LogP contribution is 2.25. The normalized spacial score (nSPS) is 11.2. The summed E-state index contributed by atoms with van der Waals surface area (Å²) in [5.74, 6) is 1.50. The number of thioether (sulfide) groups is 1. The van der Waals surface area contributed by atoms with Crippen LogP contribution in [0.15, 0.2) is 39.8 Å². The van der Waals surface area contributed by atoms with Crippen LogP contribution in [0.4, 0.5) is 0 Å². The fraction of sp³-hybridized carbons (Fsp3) is 0.400. The second kappa shape index (κ2) is 8.19. The zero-order valence-corrected chi connectivity index (χ0v) is 13.2. The second-order valence-corrected chi connectivity index (χ2v) is 5.43. The summed E-state index contributed by atoms with van der Waals surface area (Å²) in [4.78, 5) is 1.15. The van der Waals surface area contributed by atoms with Gasteiger partial charge in [0.1, 0.15) is 6.61 Å². The van der Waals surface area contributed by atoms with Crippen molar-refractivity contribution in [3.05, 3.63) is 47.3 Å². The van der Waals surface area contributed by atoms with E-state index in [0.717, 1.165) is 27.7 Å². The monoisotopic (exact) mass is 309 g/mol. The molecule has 0 aliphatic rings. The van der Waals surface area contributed by atoms with E-state index >= 15 is 0 Å². The Hall–Kier alpha value is -1.34. The van der Waals surface area contributed by atoms with Gasteiger partial charge < -0.3 is 18.7 Å². The number of nitrogens with zero attached hydrogens (tertiary/aromatic N) is 1. The molecule has 6 heteroatoms. The van der Waals surface area contributed by atoms with Gasteiger partial charge in [0.2, 0.25) is 0 Å². The summed E-state index contributed by atoms with van der Waals surface area (Å²) in [7, 11) is 4.88. The van der Waals surface area contributed by atoms with E-state index in [9.17, 15) is 0 Å². The molecule has 1 heterocycles. The van der Waals surface area contributed by atoms with E-state index in [1.54, 1.807) is 33.1 Å². The summed E-state index contributed by atoms with van der Waals surface area (Å²) in [6, 6.07) is 10.00. The molecule has 0 saturated heterocycles. The standard InChI is InChI=1S/C15H19NO4S/c1-17-9-13-8-12(16-20-13)10-21-14-6-4-11(5-7-14)15(18-2)19-3/h4-8,15H,9-10H2,1-3H3. The SMILES string of the molecule is COCc1cc(CSc2ccc(C(OC)OC)cc2)no1. The molecule has 0 spiro atoms. The summed E-state index contributed by atoms with van der Waals surface area (Å²) in [6.07, 6.45) is -0.323. The number of aromatic nitrogens is 1. The van der Waals surface area contributed by atoms with Crippen LogP contribution in [0.1, 0.15) is 23.3 Å². The molecule has 0 bridgehead atoms. The quantitative estimate of drug-likeness (QED) is 0.550. The molecular weight excluding hydrogens is 290 g/mol. The van der Waals surface area contributed by atoms with Gasteiger partial charge in [0, 0.05) is 43.6 Å². The Morgan fingerprint density at radius 1 is 1.14 bits per heavy atom. The lowest BCUT2D eigenvalue weighted by Gasteiger charge is -2.13. The van der Waals surface area contributed by atoms with Gasteiger partial charge in [0.15, 0.2) is 12.1 Å². The van der Waals surface area contributed by atoms with Crippen LogP contribution in [0.5, 0.6) is 0 Å². The largest absolute Gasteiger partial charge is 0.377 e. The van der Waals surface area contributed by atoms with Gasteiger partial charge in [-0.25, -0.2) is 0 Å². The minimum atomic E-state index is -0.323. The van der Waals surface area contributed by atoms with Crippen molar-refractivity contribution in [1.82, 2.24) is 5.16 Å². The fourth-order valence-corrected chi connectivity index (χ4v) is 2.66. The summed E-state index contributed by atoms with van der Waals surface area (Å²) >= 11 is 1.70. The van der Waals surface area contributed by atoms with Crippen LogP contribution in [0, 0.1) is 0 Å². The van der Waals surface area contributed by atoms with E-state index < -0.39 is 0 Å². The molecule has 0 aliphatic heterocycles. The van der Waals surface area contributed by atoms with Crippen LogP contribution >= 0.6 is 11.8 Å². The van der Waals surface area contributed by atoms with Crippen LogP contribution in [0.3, 0.4) is 0 Å². The topological polar surface area (TPSA) is 53.7 Å². The third kappa shape index (κ3) is 4.57. The summed E-state index contributed by atoms with van der Waals surface area (Å²) in [5, 5.41) is 4.01. The first kappa shape index (κ1) is 16.0. The lowest BCUT2D eigenvalue weighted by atomic mass is 10.2. The van der Waals surface area contributed by atoms with E-state index in [1.807, 2.05) is 30.3 Å². The summed E-state index contributed by atoms with van der Waals surface area (Å²) < 4.78 is 20.6. The summed E-state index contributed by atoms with van der Waals surface area (Å²) in [6.45, 7) is 0.446. The predicted molar refractivity (Wildman–Crippen MR) is 80.0 cm³/mol. The minimum absolute atomic E-state index is 0.323. The smallest absolute Gasteiger partial charge is 0.183 e. The molecule has 21 heavy (non-hydrogen) atoms. The molecular formula is C15H19NO4S. The third-order valence-electron chi connectivity index (χ3n) is 2.86. The van der Waals surface area contributed by atoms with Crippen molar-refractivity contribution in [3.63, 3.8) is 0 Å². The van der Waals surface area contributed by atoms with Crippen molar-refractivity contribution in [3.8, 4) is 0 Å². The second-order valence-electron chi connectivity index (χ2n) is 4.38. The Morgan fingerprint density at radius 3 is 2.48 bits per heavy atom.